The van der Waals surface area contributed by atoms with E-state index in [2.05, 4.69) is 0 Å². The van der Waals surface area contributed by atoms with Crippen molar-refractivity contribution in [2.24, 2.45) is 0 Å². The third-order valence-electron chi connectivity index (χ3n) is 1.50. The predicted molar refractivity (Wildman–Crippen MR) is 42.1 cm³/mol. The summed E-state index contributed by atoms with van der Waals surface area (Å²) in [6.07, 6.45) is -0.962. The summed E-state index contributed by atoms with van der Waals surface area (Å²) in [5, 5.41) is 9.25. The highest BCUT2D eigenvalue weighted by Crippen LogP contribution is 2.11. The molecule has 0 amide bonds. The Morgan fingerprint density at radius 1 is 1.36 bits per heavy atom. The highest BCUT2D eigenvalue weighted by atomic mass is 16.3. The third kappa shape index (κ3) is 1.88. The van der Waals surface area contributed by atoms with E-state index in [1.165, 1.54) is 6.92 Å². The molecule has 0 aliphatic heterocycles. The van der Waals surface area contributed by atoms with Crippen molar-refractivity contribution in [2.45, 2.75) is 13.0 Å². The maximum atomic E-state index is 10.7. The SMILES string of the molecule is CC(=O)[C@H](O)c1ccccc1. The summed E-state index contributed by atoms with van der Waals surface area (Å²) in [4.78, 5) is 10.7. The van der Waals surface area contributed by atoms with E-state index in [1.807, 2.05) is 6.07 Å². The number of ketones is 1. The zero-order chi connectivity index (χ0) is 8.27. The normalized spacial score (nSPS) is 12.5. The lowest BCUT2D eigenvalue weighted by Crippen LogP contribution is -2.06. The zero-order valence-corrected chi connectivity index (χ0v) is 6.32. The average Bonchev–Trinajstić information content (AvgIpc) is 2.05. The number of benzene rings is 1. The molecule has 1 rings (SSSR count). The van der Waals surface area contributed by atoms with Gasteiger partial charge in [-0.1, -0.05) is 30.3 Å². The van der Waals surface area contributed by atoms with Gasteiger partial charge >= 0.3 is 0 Å². The van der Waals surface area contributed by atoms with Crippen LogP contribution in [0, 0.1) is 0 Å². The summed E-state index contributed by atoms with van der Waals surface area (Å²) in [6, 6.07) is 8.89. The third-order valence-corrected chi connectivity index (χ3v) is 1.50. The standard InChI is InChI=1S/C9H10O2/c1-7(10)9(11)8-5-3-2-4-6-8/h2-6,9,11H,1H3/t9-/m0/s1. The fourth-order valence-electron chi connectivity index (χ4n) is 0.870. The van der Waals surface area contributed by atoms with Crippen LogP contribution in [0.2, 0.25) is 0 Å². The van der Waals surface area contributed by atoms with E-state index in [0.717, 1.165) is 0 Å². The van der Waals surface area contributed by atoms with Gasteiger partial charge in [0.05, 0.1) is 0 Å². The molecule has 0 radical (unpaired) electrons. The maximum Gasteiger partial charge on any atom is 0.162 e. The van der Waals surface area contributed by atoms with E-state index in [1.54, 1.807) is 24.3 Å². The van der Waals surface area contributed by atoms with Crippen LogP contribution in [-0.2, 0) is 4.79 Å². The molecule has 0 aromatic heterocycles. The van der Waals surface area contributed by atoms with Crippen molar-refractivity contribution < 1.29 is 9.90 Å². The minimum atomic E-state index is -0.962. The number of hydrogen-bond donors (Lipinski definition) is 1. The zero-order valence-electron chi connectivity index (χ0n) is 6.32. The van der Waals surface area contributed by atoms with Crippen molar-refractivity contribution in [2.75, 3.05) is 0 Å². The number of hydrogen-bond acceptors (Lipinski definition) is 2. The Kier molecular flexibility index (Phi) is 2.39. The molecule has 11 heavy (non-hydrogen) atoms. The first-order valence-electron chi connectivity index (χ1n) is 3.45. The smallest absolute Gasteiger partial charge is 0.162 e. The summed E-state index contributed by atoms with van der Waals surface area (Å²) < 4.78 is 0. The summed E-state index contributed by atoms with van der Waals surface area (Å²) in [7, 11) is 0. The molecular weight excluding hydrogens is 140 g/mol. The van der Waals surface area contributed by atoms with Crippen LogP contribution in [0.4, 0.5) is 0 Å². The molecule has 2 heteroatoms. The molecule has 1 aromatic rings. The number of carbonyl (C=O) groups excluding carboxylic acids is 1. The maximum absolute atomic E-state index is 10.7. The molecule has 0 saturated carbocycles. The van der Waals surface area contributed by atoms with E-state index in [0.29, 0.717) is 5.56 Å². The van der Waals surface area contributed by atoms with Gasteiger partial charge in [0.15, 0.2) is 5.78 Å². The first-order valence-corrected chi connectivity index (χ1v) is 3.45. The van der Waals surface area contributed by atoms with Crippen LogP contribution in [0.25, 0.3) is 0 Å². The van der Waals surface area contributed by atoms with Crippen LogP contribution in [0.5, 0.6) is 0 Å². The van der Waals surface area contributed by atoms with E-state index in [4.69, 9.17) is 0 Å². The molecule has 0 bridgehead atoms. The summed E-state index contributed by atoms with van der Waals surface area (Å²) in [5.74, 6) is -0.226. The second kappa shape index (κ2) is 3.30. The lowest BCUT2D eigenvalue weighted by molar-refractivity contribution is -0.125. The second-order valence-corrected chi connectivity index (χ2v) is 2.42. The van der Waals surface area contributed by atoms with Crippen molar-refractivity contribution in [1.82, 2.24) is 0 Å². The summed E-state index contributed by atoms with van der Waals surface area (Å²) in [6.45, 7) is 1.37. The average molecular weight is 150 g/mol. The first-order chi connectivity index (χ1) is 5.22. The van der Waals surface area contributed by atoms with Gasteiger partial charge in [-0.2, -0.15) is 0 Å². The lowest BCUT2D eigenvalue weighted by atomic mass is 10.1. The van der Waals surface area contributed by atoms with Gasteiger partial charge in [-0.15, -0.1) is 0 Å². The van der Waals surface area contributed by atoms with Crippen LogP contribution >= 0.6 is 0 Å². The van der Waals surface area contributed by atoms with Crippen molar-refractivity contribution in [3.63, 3.8) is 0 Å². The molecule has 0 fully saturated rings. The van der Waals surface area contributed by atoms with Crippen LogP contribution in [-0.4, -0.2) is 10.9 Å². The molecule has 1 aromatic carbocycles. The van der Waals surface area contributed by atoms with Gasteiger partial charge in [-0.3, -0.25) is 4.79 Å². The summed E-state index contributed by atoms with van der Waals surface area (Å²) >= 11 is 0. The molecule has 58 valence electrons. The van der Waals surface area contributed by atoms with E-state index in [9.17, 15) is 9.90 Å². The van der Waals surface area contributed by atoms with Gasteiger partial charge in [0.1, 0.15) is 6.10 Å². The largest absolute Gasteiger partial charge is 0.381 e. The number of carbonyl (C=O) groups is 1. The van der Waals surface area contributed by atoms with Crippen molar-refractivity contribution in [3.05, 3.63) is 35.9 Å². The fourth-order valence-corrected chi connectivity index (χ4v) is 0.870. The molecule has 0 heterocycles. The Labute approximate surface area is 65.5 Å². The van der Waals surface area contributed by atoms with Crippen LogP contribution < -0.4 is 0 Å². The molecule has 0 spiro atoms. The topological polar surface area (TPSA) is 37.3 Å². The Morgan fingerprint density at radius 3 is 2.36 bits per heavy atom. The number of rotatable bonds is 2. The monoisotopic (exact) mass is 150 g/mol. The highest BCUT2D eigenvalue weighted by Gasteiger charge is 2.10. The first kappa shape index (κ1) is 7.95. The molecule has 1 N–H and O–H groups in total. The molecule has 0 aliphatic rings. The minimum absolute atomic E-state index is 0.226. The van der Waals surface area contributed by atoms with E-state index >= 15 is 0 Å². The van der Waals surface area contributed by atoms with E-state index < -0.39 is 6.10 Å². The molecule has 0 aliphatic carbocycles. The molecule has 2 nitrogen and oxygen atoms in total. The van der Waals surface area contributed by atoms with Crippen molar-refractivity contribution in [3.8, 4) is 0 Å². The van der Waals surface area contributed by atoms with Gasteiger partial charge in [0.25, 0.3) is 0 Å². The van der Waals surface area contributed by atoms with Gasteiger partial charge in [-0.05, 0) is 12.5 Å². The van der Waals surface area contributed by atoms with Crippen LogP contribution in [0.3, 0.4) is 0 Å². The second-order valence-electron chi connectivity index (χ2n) is 2.42. The van der Waals surface area contributed by atoms with E-state index in [-0.39, 0.29) is 5.78 Å². The Balaban J connectivity index is 2.85. The highest BCUT2D eigenvalue weighted by molar-refractivity contribution is 5.81. The Hall–Kier alpha value is -1.15. The van der Waals surface area contributed by atoms with Crippen LogP contribution in [0.1, 0.15) is 18.6 Å². The van der Waals surface area contributed by atoms with Gasteiger partial charge < -0.3 is 5.11 Å². The molecule has 0 saturated heterocycles. The minimum Gasteiger partial charge on any atom is -0.381 e. The quantitative estimate of drug-likeness (QED) is 0.690. The predicted octanol–water partition coefficient (Wildman–Crippen LogP) is 1.31. The van der Waals surface area contributed by atoms with Gasteiger partial charge in [0, 0.05) is 0 Å². The Bertz CT molecular complexity index is 241. The van der Waals surface area contributed by atoms with Gasteiger partial charge in [-0.25, -0.2) is 0 Å². The Morgan fingerprint density at radius 2 is 1.91 bits per heavy atom. The number of Topliss-reactive ketones (excluding diaryl/α,β-unsaturated/α-hetero) is 1. The molecule has 0 unspecified atom stereocenters. The number of aliphatic hydroxyl groups excluding tert-OH is 1. The number of aliphatic hydroxyl groups is 1. The van der Waals surface area contributed by atoms with Crippen molar-refractivity contribution >= 4 is 5.78 Å². The summed E-state index contributed by atoms with van der Waals surface area (Å²) in [5.41, 5.74) is 0.653. The fraction of sp³-hybridized carbons (Fsp3) is 0.222. The molecular formula is C9H10O2. The van der Waals surface area contributed by atoms with Crippen molar-refractivity contribution in [1.29, 1.82) is 0 Å². The lowest BCUT2D eigenvalue weighted by Gasteiger charge is -2.04. The van der Waals surface area contributed by atoms with Crippen LogP contribution in [0.15, 0.2) is 30.3 Å². The van der Waals surface area contributed by atoms with Gasteiger partial charge in [0.2, 0.25) is 0 Å². The molecule has 1 atom stereocenters.